The van der Waals surface area contributed by atoms with Crippen LogP contribution in [0.4, 0.5) is 5.69 Å². The van der Waals surface area contributed by atoms with Crippen molar-refractivity contribution in [3.05, 3.63) is 22.7 Å². The molecule has 4 N–H and O–H groups in total. The number of hydrogen-bond acceptors (Lipinski definition) is 3. The minimum Gasteiger partial charge on any atom is -0.491 e. The minimum absolute atomic E-state index is 0.190. The van der Waals surface area contributed by atoms with Gasteiger partial charge in [-0.25, -0.2) is 0 Å². The van der Waals surface area contributed by atoms with Gasteiger partial charge in [0.2, 0.25) is 5.91 Å². The molecule has 5 heteroatoms. The predicted molar refractivity (Wildman–Crippen MR) is 57.9 cm³/mol. The summed E-state index contributed by atoms with van der Waals surface area (Å²) in [6, 6.07) is 5.29. The Kier molecular flexibility index (Phi) is 3.76. The van der Waals surface area contributed by atoms with Crippen LogP contribution in [-0.4, -0.2) is 12.5 Å². The molecule has 0 saturated heterocycles. The molecule has 76 valence electrons. The van der Waals surface area contributed by atoms with Crippen LogP contribution in [-0.2, 0) is 4.79 Å². The van der Waals surface area contributed by atoms with Gasteiger partial charge in [-0.2, -0.15) is 0 Å². The lowest BCUT2D eigenvalue weighted by Gasteiger charge is -2.07. The summed E-state index contributed by atoms with van der Waals surface area (Å²) < 4.78 is 6.14. The first-order valence-corrected chi connectivity index (χ1v) is 4.85. The maximum Gasteiger partial charge on any atom is 0.220 e. The zero-order chi connectivity index (χ0) is 10.6. The molecule has 1 aromatic carbocycles. The highest BCUT2D eigenvalue weighted by atomic mass is 79.9. The van der Waals surface area contributed by atoms with Crippen molar-refractivity contribution in [2.45, 2.75) is 6.42 Å². The molecule has 0 aromatic heterocycles. The molecule has 1 rings (SSSR count). The van der Waals surface area contributed by atoms with Crippen molar-refractivity contribution in [3.8, 4) is 5.75 Å². The van der Waals surface area contributed by atoms with Crippen molar-refractivity contribution >= 4 is 27.5 Å². The fraction of sp³-hybridized carbons (Fsp3) is 0.222. The van der Waals surface area contributed by atoms with E-state index < -0.39 is 0 Å². The smallest absolute Gasteiger partial charge is 0.220 e. The predicted octanol–water partition coefficient (Wildman–Crippen LogP) is 1.29. The summed E-state index contributed by atoms with van der Waals surface area (Å²) in [7, 11) is 0. The monoisotopic (exact) mass is 258 g/mol. The van der Waals surface area contributed by atoms with Crippen molar-refractivity contribution in [1.29, 1.82) is 0 Å². The van der Waals surface area contributed by atoms with Gasteiger partial charge >= 0.3 is 0 Å². The van der Waals surface area contributed by atoms with Crippen LogP contribution in [0.25, 0.3) is 0 Å². The Morgan fingerprint density at radius 1 is 1.50 bits per heavy atom. The molecule has 0 saturated carbocycles. The van der Waals surface area contributed by atoms with Crippen LogP contribution >= 0.6 is 15.9 Å². The number of carbonyl (C=O) groups excluding carboxylic acids is 1. The highest BCUT2D eigenvalue weighted by Gasteiger charge is 2.01. The van der Waals surface area contributed by atoms with Crippen LogP contribution in [0.5, 0.6) is 5.75 Å². The zero-order valence-corrected chi connectivity index (χ0v) is 9.08. The fourth-order valence-corrected chi connectivity index (χ4v) is 1.29. The van der Waals surface area contributed by atoms with Crippen LogP contribution in [0.3, 0.4) is 0 Å². The van der Waals surface area contributed by atoms with Gasteiger partial charge in [-0.05, 0) is 18.2 Å². The van der Waals surface area contributed by atoms with Gasteiger partial charge in [-0.15, -0.1) is 0 Å². The highest BCUT2D eigenvalue weighted by Crippen LogP contribution is 2.25. The number of hydrogen-bond donors (Lipinski definition) is 2. The molecule has 0 aliphatic rings. The molecule has 0 aliphatic carbocycles. The fourth-order valence-electron chi connectivity index (χ4n) is 0.912. The Labute approximate surface area is 90.3 Å². The zero-order valence-electron chi connectivity index (χ0n) is 7.50. The molecule has 0 radical (unpaired) electrons. The van der Waals surface area contributed by atoms with E-state index in [0.717, 1.165) is 4.47 Å². The third-order valence-electron chi connectivity index (χ3n) is 1.58. The number of primary amides is 1. The number of ether oxygens (including phenoxy) is 1. The number of nitrogens with two attached hydrogens (primary N) is 2. The molecule has 0 spiro atoms. The van der Waals surface area contributed by atoms with Gasteiger partial charge < -0.3 is 16.2 Å². The molecular formula is C9H11BrN2O2. The van der Waals surface area contributed by atoms with Crippen molar-refractivity contribution < 1.29 is 9.53 Å². The third kappa shape index (κ3) is 3.26. The second-order valence-corrected chi connectivity index (χ2v) is 3.66. The Balaban J connectivity index is 2.55. The second kappa shape index (κ2) is 4.85. The van der Waals surface area contributed by atoms with Crippen LogP contribution in [0.1, 0.15) is 6.42 Å². The van der Waals surface area contributed by atoms with Crippen molar-refractivity contribution in [2.75, 3.05) is 12.3 Å². The largest absolute Gasteiger partial charge is 0.491 e. The highest BCUT2D eigenvalue weighted by molar-refractivity contribution is 9.10. The third-order valence-corrected chi connectivity index (χ3v) is 2.07. The topological polar surface area (TPSA) is 78.3 Å². The summed E-state index contributed by atoms with van der Waals surface area (Å²) in [6.45, 7) is 0.251. The number of amides is 1. The molecular weight excluding hydrogens is 248 g/mol. The summed E-state index contributed by atoms with van der Waals surface area (Å²) in [5.41, 5.74) is 11.2. The molecule has 0 heterocycles. The van der Waals surface area contributed by atoms with Gasteiger partial charge in [0.1, 0.15) is 5.75 Å². The van der Waals surface area contributed by atoms with Crippen molar-refractivity contribution in [2.24, 2.45) is 5.73 Å². The number of halogens is 1. The van der Waals surface area contributed by atoms with Crippen molar-refractivity contribution in [1.82, 2.24) is 0 Å². The molecule has 0 atom stereocenters. The van der Waals surface area contributed by atoms with Crippen LogP contribution in [0.2, 0.25) is 0 Å². The standard InChI is InChI=1S/C9H11BrN2O2/c10-6-1-2-8(7(11)5-6)14-4-3-9(12)13/h1-2,5H,3-4,11H2,(H2,12,13). The van der Waals surface area contributed by atoms with Crippen molar-refractivity contribution in [3.63, 3.8) is 0 Å². The number of benzene rings is 1. The van der Waals surface area contributed by atoms with E-state index in [1.54, 1.807) is 12.1 Å². The molecule has 0 fully saturated rings. The van der Waals surface area contributed by atoms with Gasteiger partial charge in [-0.1, -0.05) is 15.9 Å². The van der Waals surface area contributed by atoms with Gasteiger partial charge in [0.15, 0.2) is 0 Å². The van der Waals surface area contributed by atoms with E-state index in [2.05, 4.69) is 15.9 Å². The van der Waals surface area contributed by atoms with E-state index in [1.807, 2.05) is 6.07 Å². The first-order valence-electron chi connectivity index (χ1n) is 4.05. The molecule has 1 amide bonds. The van der Waals surface area contributed by atoms with Crippen LogP contribution in [0.15, 0.2) is 22.7 Å². The van der Waals surface area contributed by atoms with E-state index in [9.17, 15) is 4.79 Å². The van der Waals surface area contributed by atoms with E-state index >= 15 is 0 Å². The summed E-state index contributed by atoms with van der Waals surface area (Å²) >= 11 is 3.28. The average Bonchev–Trinajstić information content (AvgIpc) is 2.08. The van der Waals surface area contributed by atoms with Gasteiger partial charge in [0.05, 0.1) is 18.7 Å². The molecule has 4 nitrogen and oxygen atoms in total. The number of carbonyl (C=O) groups is 1. The number of rotatable bonds is 4. The SMILES string of the molecule is NC(=O)CCOc1ccc(Br)cc1N. The molecule has 0 bridgehead atoms. The Morgan fingerprint density at radius 2 is 2.21 bits per heavy atom. The van der Waals surface area contributed by atoms with Crippen LogP contribution < -0.4 is 16.2 Å². The van der Waals surface area contributed by atoms with E-state index in [0.29, 0.717) is 11.4 Å². The summed E-state index contributed by atoms with van der Waals surface area (Å²) in [4.78, 5) is 10.4. The van der Waals surface area contributed by atoms with E-state index in [-0.39, 0.29) is 18.9 Å². The molecule has 0 aliphatic heterocycles. The quantitative estimate of drug-likeness (QED) is 0.799. The van der Waals surface area contributed by atoms with Gasteiger partial charge in [0.25, 0.3) is 0 Å². The Bertz CT molecular complexity index is 342. The summed E-state index contributed by atoms with van der Waals surface area (Å²) in [5.74, 6) is 0.176. The molecule has 0 unspecified atom stereocenters. The Hall–Kier alpha value is -1.23. The van der Waals surface area contributed by atoms with Gasteiger partial charge in [-0.3, -0.25) is 4.79 Å². The second-order valence-electron chi connectivity index (χ2n) is 2.75. The molecule has 14 heavy (non-hydrogen) atoms. The lowest BCUT2D eigenvalue weighted by Crippen LogP contribution is -2.14. The Morgan fingerprint density at radius 3 is 2.79 bits per heavy atom. The van der Waals surface area contributed by atoms with E-state index in [4.69, 9.17) is 16.2 Å². The maximum absolute atomic E-state index is 10.4. The first-order chi connectivity index (χ1) is 6.59. The average molecular weight is 259 g/mol. The molecule has 1 aromatic rings. The van der Waals surface area contributed by atoms with E-state index in [1.165, 1.54) is 0 Å². The number of anilines is 1. The number of nitrogen functional groups attached to an aromatic ring is 1. The van der Waals surface area contributed by atoms with Gasteiger partial charge in [0, 0.05) is 4.47 Å². The lowest BCUT2D eigenvalue weighted by molar-refractivity contribution is -0.118. The van der Waals surface area contributed by atoms with Crippen LogP contribution in [0, 0.1) is 0 Å². The maximum atomic E-state index is 10.4. The summed E-state index contributed by atoms with van der Waals surface area (Å²) in [6.07, 6.45) is 0.190. The normalized spacial score (nSPS) is 9.79. The lowest BCUT2D eigenvalue weighted by atomic mass is 10.3. The first kappa shape index (κ1) is 10.8. The minimum atomic E-state index is -0.388. The summed E-state index contributed by atoms with van der Waals surface area (Å²) in [5, 5.41) is 0.